The van der Waals surface area contributed by atoms with Crippen molar-refractivity contribution in [2.24, 2.45) is 0 Å². The Bertz CT molecular complexity index is 920. The fourth-order valence-corrected chi connectivity index (χ4v) is 2.58. The van der Waals surface area contributed by atoms with Gasteiger partial charge in [0.15, 0.2) is 30.0 Å². The van der Waals surface area contributed by atoms with E-state index in [1.165, 1.54) is 21.0 Å². The summed E-state index contributed by atoms with van der Waals surface area (Å²) in [5, 5.41) is 2.63. The summed E-state index contributed by atoms with van der Waals surface area (Å²) in [5.41, 5.74) is 2.03. The first-order chi connectivity index (χ1) is 14.3. The van der Waals surface area contributed by atoms with E-state index in [9.17, 15) is 14.4 Å². The molecule has 1 amide bonds. The summed E-state index contributed by atoms with van der Waals surface area (Å²) >= 11 is 0. The number of nitrogens with one attached hydrogen (secondary N) is 1. The molecule has 7 heteroatoms. The minimum atomic E-state index is -1.02. The van der Waals surface area contributed by atoms with Crippen molar-refractivity contribution in [3.63, 3.8) is 0 Å². The van der Waals surface area contributed by atoms with Crippen LogP contribution in [0, 0.1) is 0 Å². The van der Waals surface area contributed by atoms with E-state index < -0.39 is 18.0 Å². The maximum Gasteiger partial charge on any atom is 0.344 e. The first kappa shape index (κ1) is 22.7. The minimum absolute atomic E-state index is 0.0675. The van der Waals surface area contributed by atoms with Crippen LogP contribution in [0.4, 0.5) is 5.69 Å². The number of amides is 1. The second kappa shape index (κ2) is 10.8. The molecule has 0 spiro atoms. The zero-order valence-electron chi connectivity index (χ0n) is 17.3. The smallest absolute Gasteiger partial charge is 0.344 e. The van der Waals surface area contributed by atoms with E-state index >= 15 is 0 Å². The number of allylic oxidation sites excluding steroid dienone is 1. The summed E-state index contributed by atoms with van der Waals surface area (Å²) < 4.78 is 15.9. The molecule has 7 nitrogen and oxygen atoms in total. The van der Waals surface area contributed by atoms with Crippen LogP contribution >= 0.6 is 0 Å². The van der Waals surface area contributed by atoms with E-state index in [-0.39, 0.29) is 12.4 Å². The third kappa shape index (κ3) is 6.48. The monoisotopic (exact) mass is 411 g/mol. The van der Waals surface area contributed by atoms with Gasteiger partial charge in [-0.05, 0) is 62.2 Å². The van der Waals surface area contributed by atoms with Crippen molar-refractivity contribution in [1.82, 2.24) is 0 Å². The van der Waals surface area contributed by atoms with Gasteiger partial charge < -0.3 is 19.5 Å². The van der Waals surface area contributed by atoms with E-state index in [1.807, 2.05) is 6.07 Å². The zero-order chi connectivity index (χ0) is 22.1. The number of rotatable bonds is 10. The number of esters is 1. The summed E-state index contributed by atoms with van der Waals surface area (Å²) in [6.45, 7) is 6.24. The number of ether oxygens (including phenoxy) is 3. The lowest BCUT2D eigenvalue weighted by Gasteiger charge is -2.15. The fourth-order valence-electron chi connectivity index (χ4n) is 2.58. The van der Waals surface area contributed by atoms with Gasteiger partial charge in [-0.3, -0.25) is 9.59 Å². The third-order valence-corrected chi connectivity index (χ3v) is 4.19. The lowest BCUT2D eigenvalue weighted by molar-refractivity contribution is -0.155. The van der Waals surface area contributed by atoms with E-state index in [4.69, 9.17) is 14.2 Å². The normalized spacial score (nSPS) is 11.2. The molecule has 2 aromatic carbocycles. The molecule has 0 saturated heterocycles. The van der Waals surface area contributed by atoms with Crippen LogP contribution in [0.15, 0.2) is 55.1 Å². The molecule has 2 aromatic rings. The van der Waals surface area contributed by atoms with Crippen LogP contribution in [-0.2, 0) is 20.7 Å². The second-order valence-corrected chi connectivity index (χ2v) is 6.52. The van der Waals surface area contributed by atoms with Gasteiger partial charge in [-0.2, -0.15) is 0 Å². The summed E-state index contributed by atoms with van der Waals surface area (Å²) in [7, 11) is 1.51. The highest BCUT2D eigenvalue weighted by Gasteiger charge is 2.19. The van der Waals surface area contributed by atoms with Gasteiger partial charge in [-0.25, -0.2) is 4.79 Å². The summed E-state index contributed by atoms with van der Waals surface area (Å²) in [6.07, 6.45) is 1.44. The first-order valence-electron chi connectivity index (χ1n) is 9.36. The maximum atomic E-state index is 12.2. The number of ketones is 1. The molecule has 0 radical (unpaired) electrons. The van der Waals surface area contributed by atoms with Crippen LogP contribution in [0.3, 0.4) is 0 Å². The van der Waals surface area contributed by atoms with Gasteiger partial charge in [0.1, 0.15) is 0 Å². The minimum Gasteiger partial charge on any atom is -0.493 e. The average Bonchev–Trinajstić information content (AvgIpc) is 2.73. The Balaban J connectivity index is 1.87. The third-order valence-electron chi connectivity index (χ3n) is 4.19. The van der Waals surface area contributed by atoms with Crippen molar-refractivity contribution in [3.8, 4) is 11.5 Å². The highest BCUT2D eigenvalue weighted by molar-refractivity contribution is 5.97. The van der Waals surface area contributed by atoms with Crippen molar-refractivity contribution >= 4 is 23.3 Å². The van der Waals surface area contributed by atoms with E-state index in [1.54, 1.807) is 42.5 Å². The van der Waals surface area contributed by atoms with Gasteiger partial charge in [0.25, 0.3) is 5.91 Å². The Morgan fingerprint density at radius 1 is 1.10 bits per heavy atom. The number of carbonyl (C=O) groups excluding carboxylic acids is 3. The molecule has 0 aliphatic carbocycles. The summed E-state index contributed by atoms with van der Waals surface area (Å²) in [4.78, 5) is 35.6. The average molecular weight is 411 g/mol. The SMILES string of the molecule is C=CCc1ccc(OCC(=O)O[C@@H](C)C(=O)Nc2ccc(C(C)=O)cc2)c(OC)c1. The predicted octanol–water partition coefficient (Wildman–Crippen LogP) is 3.58. The van der Waals surface area contributed by atoms with Crippen LogP contribution in [0.1, 0.15) is 29.8 Å². The number of hydrogen-bond acceptors (Lipinski definition) is 6. The standard InChI is InChI=1S/C23H25NO6/c1-5-6-17-7-12-20(21(13-17)28-4)29-14-22(26)30-16(3)23(27)24-19-10-8-18(9-11-19)15(2)25/h5,7-13,16H,1,6,14H2,2-4H3,(H,24,27)/t16-/m0/s1. The van der Waals surface area contributed by atoms with Gasteiger partial charge in [0.2, 0.25) is 0 Å². The van der Waals surface area contributed by atoms with Gasteiger partial charge in [0.05, 0.1) is 7.11 Å². The van der Waals surface area contributed by atoms with Gasteiger partial charge in [-0.1, -0.05) is 12.1 Å². The van der Waals surface area contributed by atoms with E-state index in [2.05, 4.69) is 11.9 Å². The quantitative estimate of drug-likeness (QED) is 0.365. The molecule has 30 heavy (non-hydrogen) atoms. The number of carbonyl (C=O) groups is 3. The summed E-state index contributed by atoms with van der Waals surface area (Å²) in [5.74, 6) is -0.374. The zero-order valence-corrected chi connectivity index (χ0v) is 17.3. The Hall–Kier alpha value is -3.61. The largest absolute Gasteiger partial charge is 0.493 e. The number of hydrogen-bond donors (Lipinski definition) is 1. The molecule has 0 heterocycles. The first-order valence-corrected chi connectivity index (χ1v) is 9.36. The lowest BCUT2D eigenvalue weighted by atomic mass is 10.1. The van der Waals surface area contributed by atoms with Gasteiger partial charge in [0, 0.05) is 11.3 Å². The molecule has 1 atom stereocenters. The van der Waals surface area contributed by atoms with Crippen molar-refractivity contribution in [3.05, 3.63) is 66.2 Å². The number of Topliss-reactive ketones (excluding diaryl/α,β-unsaturated/α-hetero) is 1. The molecule has 0 aliphatic heterocycles. The Kier molecular flexibility index (Phi) is 8.17. The number of anilines is 1. The molecule has 0 aliphatic rings. The molecule has 0 saturated carbocycles. The molecule has 0 bridgehead atoms. The molecule has 2 rings (SSSR count). The highest BCUT2D eigenvalue weighted by Crippen LogP contribution is 2.28. The molecule has 158 valence electrons. The van der Waals surface area contributed by atoms with E-state index in [0.29, 0.717) is 29.2 Å². The molecular formula is C23H25NO6. The molecular weight excluding hydrogens is 386 g/mol. The van der Waals surface area contributed by atoms with Crippen molar-refractivity contribution in [1.29, 1.82) is 0 Å². The second-order valence-electron chi connectivity index (χ2n) is 6.52. The van der Waals surface area contributed by atoms with Crippen LogP contribution in [0.25, 0.3) is 0 Å². The van der Waals surface area contributed by atoms with E-state index in [0.717, 1.165) is 5.56 Å². The van der Waals surface area contributed by atoms with Crippen molar-refractivity contribution < 1.29 is 28.6 Å². The maximum absolute atomic E-state index is 12.2. The molecule has 1 N–H and O–H groups in total. The fraction of sp³-hybridized carbons (Fsp3) is 0.261. The highest BCUT2D eigenvalue weighted by atomic mass is 16.6. The Labute approximate surface area is 175 Å². The molecule has 0 unspecified atom stereocenters. The number of benzene rings is 2. The Morgan fingerprint density at radius 3 is 2.40 bits per heavy atom. The van der Waals surface area contributed by atoms with Crippen LogP contribution < -0.4 is 14.8 Å². The predicted molar refractivity (Wildman–Crippen MR) is 113 cm³/mol. The van der Waals surface area contributed by atoms with Crippen LogP contribution in [0.2, 0.25) is 0 Å². The topological polar surface area (TPSA) is 90.9 Å². The van der Waals surface area contributed by atoms with Crippen molar-refractivity contribution in [2.75, 3.05) is 19.0 Å². The van der Waals surface area contributed by atoms with Crippen LogP contribution in [0.5, 0.6) is 11.5 Å². The summed E-state index contributed by atoms with van der Waals surface area (Å²) in [6, 6.07) is 11.8. The van der Waals surface area contributed by atoms with Gasteiger partial charge in [-0.15, -0.1) is 6.58 Å². The lowest BCUT2D eigenvalue weighted by Crippen LogP contribution is -2.31. The molecule has 0 fully saturated rings. The van der Waals surface area contributed by atoms with Gasteiger partial charge >= 0.3 is 5.97 Å². The Morgan fingerprint density at radius 2 is 1.80 bits per heavy atom. The number of methoxy groups -OCH3 is 1. The van der Waals surface area contributed by atoms with Crippen molar-refractivity contribution in [2.45, 2.75) is 26.4 Å². The molecule has 0 aromatic heterocycles. The van der Waals surface area contributed by atoms with Crippen LogP contribution in [-0.4, -0.2) is 37.5 Å².